The summed E-state index contributed by atoms with van der Waals surface area (Å²) in [5.41, 5.74) is 2.49. The Morgan fingerprint density at radius 2 is 1.97 bits per heavy atom. The fraction of sp³-hybridized carbons (Fsp3) is 0.478. The molecule has 0 saturated carbocycles. The van der Waals surface area contributed by atoms with Gasteiger partial charge >= 0.3 is 0 Å². The van der Waals surface area contributed by atoms with E-state index in [9.17, 15) is 0 Å². The van der Waals surface area contributed by atoms with Crippen molar-refractivity contribution in [2.24, 2.45) is 4.99 Å². The molecule has 1 aliphatic heterocycles. The van der Waals surface area contributed by atoms with E-state index < -0.39 is 0 Å². The number of nitrogens with one attached hydrogen (secondary N) is 2. The summed E-state index contributed by atoms with van der Waals surface area (Å²) >= 11 is 0. The molecule has 0 fully saturated rings. The van der Waals surface area contributed by atoms with Gasteiger partial charge in [0.05, 0.1) is 6.54 Å². The zero-order valence-corrected chi connectivity index (χ0v) is 18.3. The maximum absolute atomic E-state index is 4.42. The number of nitrogens with zero attached hydrogens (tertiary/aromatic N) is 6. The van der Waals surface area contributed by atoms with Crippen molar-refractivity contribution in [3.8, 4) is 0 Å². The number of hydrogen-bond donors (Lipinski definition) is 2. The molecule has 164 valence electrons. The van der Waals surface area contributed by atoms with Crippen LogP contribution >= 0.6 is 0 Å². The summed E-state index contributed by atoms with van der Waals surface area (Å²) in [7, 11) is 1.81. The van der Waals surface area contributed by atoms with Crippen molar-refractivity contribution in [2.45, 2.75) is 58.2 Å². The Hall–Kier alpha value is -3.16. The van der Waals surface area contributed by atoms with Crippen LogP contribution in [0.3, 0.4) is 0 Å². The largest absolute Gasteiger partial charge is 0.356 e. The zero-order valence-electron chi connectivity index (χ0n) is 18.3. The van der Waals surface area contributed by atoms with Crippen LogP contribution in [0.2, 0.25) is 0 Å². The lowest BCUT2D eigenvalue weighted by Gasteiger charge is -2.14. The lowest BCUT2D eigenvalue weighted by Crippen LogP contribution is -2.37. The predicted octanol–water partition coefficient (Wildman–Crippen LogP) is 2.55. The first-order chi connectivity index (χ1) is 15.3. The van der Waals surface area contributed by atoms with E-state index in [1.807, 2.05) is 30.2 Å². The number of rotatable bonds is 8. The van der Waals surface area contributed by atoms with Gasteiger partial charge in [0.2, 0.25) is 0 Å². The average Bonchev–Trinajstić information content (AvgIpc) is 3.38. The van der Waals surface area contributed by atoms with E-state index in [4.69, 9.17) is 0 Å². The minimum absolute atomic E-state index is 0.717. The molecule has 0 saturated heterocycles. The molecular weight excluding hydrogens is 388 g/mol. The normalized spacial score (nSPS) is 14.2. The van der Waals surface area contributed by atoms with Crippen LogP contribution in [0.15, 0.2) is 47.7 Å². The molecule has 0 atom stereocenters. The fourth-order valence-corrected chi connectivity index (χ4v) is 4.04. The van der Waals surface area contributed by atoms with Gasteiger partial charge in [-0.15, -0.1) is 10.2 Å². The number of aromatic nitrogens is 5. The number of hydrogen-bond acceptors (Lipinski definition) is 4. The first kappa shape index (κ1) is 21.1. The predicted molar refractivity (Wildman–Crippen MR) is 122 cm³/mol. The van der Waals surface area contributed by atoms with E-state index in [2.05, 4.69) is 59.8 Å². The Kier molecular flexibility index (Phi) is 7.31. The molecule has 4 rings (SSSR count). The summed E-state index contributed by atoms with van der Waals surface area (Å²) in [5, 5.41) is 20.0. The molecule has 2 N–H and O–H groups in total. The lowest BCUT2D eigenvalue weighted by atomic mass is 10.1. The smallest absolute Gasteiger partial charge is 0.191 e. The molecule has 8 nitrogen and oxygen atoms in total. The third kappa shape index (κ3) is 5.71. The first-order valence-electron chi connectivity index (χ1n) is 11.2. The molecule has 31 heavy (non-hydrogen) atoms. The Bertz CT molecular complexity index is 973. The molecular formula is C23H32N8. The first-order valence-corrected chi connectivity index (χ1v) is 11.2. The Labute approximate surface area is 183 Å². The zero-order chi connectivity index (χ0) is 21.3. The summed E-state index contributed by atoms with van der Waals surface area (Å²) in [6, 6.07) is 10.4. The molecule has 3 aromatic rings. The van der Waals surface area contributed by atoms with Crippen LogP contribution in [0, 0.1) is 0 Å². The van der Waals surface area contributed by atoms with Crippen LogP contribution in [-0.4, -0.2) is 44.1 Å². The minimum atomic E-state index is 0.717. The van der Waals surface area contributed by atoms with E-state index in [1.54, 1.807) is 0 Å². The maximum atomic E-state index is 4.42. The Morgan fingerprint density at radius 3 is 2.81 bits per heavy atom. The molecule has 0 bridgehead atoms. The van der Waals surface area contributed by atoms with Gasteiger partial charge in [0.25, 0.3) is 0 Å². The van der Waals surface area contributed by atoms with Crippen molar-refractivity contribution in [3.63, 3.8) is 0 Å². The topological polar surface area (TPSA) is 85.0 Å². The summed E-state index contributed by atoms with van der Waals surface area (Å²) in [4.78, 5) is 4.37. The molecule has 0 spiro atoms. The van der Waals surface area contributed by atoms with E-state index in [1.165, 1.54) is 30.4 Å². The second-order valence-electron chi connectivity index (χ2n) is 7.92. The summed E-state index contributed by atoms with van der Waals surface area (Å²) in [6.07, 6.45) is 10.5. The summed E-state index contributed by atoms with van der Waals surface area (Å²) in [6.45, 7) is 3.39. The molecule has 0 unspecified atom stereocenters. The molecule has 0 amide bonds. The molecule has 0 aliphatic carbocycles. The molecule has 8 heteroatoms. The van der Waals surface area contributed by atoms with Gasteiger partial charge in [-0.1, -0.05) is 30.7 Å². The van der Waals surface area contributed by atoms with Gasteiger partial charge in [0, 0.05) is 51.9 Å². The average molecular weight is 421 g/mol. The van der Waals surface area contributed by atoms with Gasteiger partial charge in [0.1, 0.15) is 11.6 Å². The van der Waals surface area contributed by atoms with Gasteiger partial charge in [-0.05, 0) is 36.5 Å². The highest BCUT2D eigenvalue weighted by molar-refractivity contribution is 5.79. The number of guanidine groups is 1. The molecule has 1 aromatic carbocycles. The second-order valence-corrected chi connectivity index (χ2v) is 7.92. The maximum Gasteiger partial charge on any atom is 0.191 e. The number of aliphatic imine (C=N–C) groups is 1. The van der Waals surface area contributed by atoms with Crippen LogP contribution in [-0.2, 0) is 32.5 Å². The van der Waals surface area contributed by atoms with Crippen molar-refractivity contribution < 1.29 is 0 Å². The van der Waals surface area contributed by atoms with Crippen molar-refractivity contribution in [1.29, 1.82) is 0 Å². The second kappa shape index (κ2) is 10.7. The lowest BCUT2D eigenvalue weighted by molar-refractivity contribution is 0.593. The van der Waals surface area contributed by atoms with E-state index in [-0.39, 0.29) is 0 Å². The SMILES string of the molecule is CN=C(NCCCc1nnc2n1CCCCC2)NCc1ccccc1Cn1cccn1. The van der Waals surface area contributed by atoms with Gasteiger partial charge in [-0.25, -0.2) is 0 Å². The van der Waals surface area contributed by atoms with Crippen LogP contribution in [0.25, 0.3) is 0 Å². The fourth-order valence-electron chi connectivity index (χ4n) is 4.04. The van der Waals surface area contributed by atoms with Crippen molar-refractivity contribution in [3.05, 3.63) is 65.5 Å². The highest BCUT2D eigenvalue weighted by atomic mass is 15.3. The van der Waals surface area contributed by atoms with Crippen LogP contribution in [0.5, 0.6) is 0 Å². The Morgan fingerprint density at radius 1 is 1.06 bits per heavy atom. The molecule has 2 aromatic heterocycles. The van der Waals surface area contributed by atoms with Gasteiger partial charge < -0.3 is 15.2 Å². The van der Waals surface area contributed by atoms with Crippen molar-refractivity contribution in [2.75, 3.05) is 13.6 Å². The standard InChI is InChI=1S/C23H32N8/c1-24-23(25-13-7-12-22-29-28-21-11-3-2-6-16-31(21)22)26-17-19-9-4-5-10-20(19)18-30-15-8-14-27-30/h4-5,8-10,14-15H,2-3,6-7,11-13,16-18H2,1H3,(H2,24,25,26). The van der Waals surface area contributed by atoms with Gasteiger partial charge in [-0.3, -0.25) is 9.67 Å². The number of fused-ring (bicyclic) bond motifs is 1. The van der Waals surface area contributed by atoms with Gasteiger partial charge in [0.15, 0.2) is 5.96 Å². The monoisotopic (exact) mass is 420 g/mol. The molecule has 0 radical (unpaired) electrons. The number of benzene rings is 1. The highest BCUT2D eigenvalue weighted by Gasteiger charge is 2.14. The summed E-state index contributed by atoms with van der Waals surface area (Å²) in [5.74, 6) is 3.09. The number of aryl methyl sites for hydroxylation is 2. The minimum Gasteiger partial charge on any atom is -0.356 e. The van der Waals surface area contributed by atoms with Crippen molar-refractivity contribution in [1.82, 2.24) is 35.2 Å². The third-order valence-electron chi connectivity index (χ3n) is 5.74. The highest BCUT2D eigenvalue weighted by Crippen LogP contribution is 2.15. The van der Waals surface area contributed by atoms with E-state index >= 15 is 0 Å². The van der Waals surface area contributed by atoms with E-state index in [0.29, 0.717) is 0 Å². The van der Waals surface area contributed by atoms with Crippen LogP contribution in [0.1, 0.15) is 48.5 Å². The third-order valence-corrected chi connectivity index (χ3v) is 5.74. The van der Waals surface area contributed by atoms with Crippen molar-refractivity contribution >= 4 is 5.96 Å². The van der Waals surface area contributed by atoms with Crippen LogP contribution in [0.4, 0.5) is 0 Å². The quantitative estimate of drug-likeness (QED) is 0.332. The van der Waals surface area contributed by atoms with Crippen LogP contribution < -0.4 is 10.6 Å². The molecule has 3 heterocycles. The summed E-state index contributed by atoms with van der Waals surface area (Å²) < 4.78 is 4.27. The Balaban J connectivity index is 1.24. The molecule has 1 aliphatic rings. The van der Waals surface area contributed by atoms with E-state index in [0.717, 1.165) is 63.0 Å². The van der Waals surface area contributed by atoms with Gasteiger partial charge in [-0.2, -0.15) is 5.10 Å².